The normalized spacial score (nSPS) is 27.3. The van der Waals surface area contributed by atoms with Crippen LogP contribution in [0.3, 0.4) is 0 Å². The van der Waals surface area contributed by atoms with Crippen molar-refractivity contribution in [3.63, 3.8) is 0 Å². The van der Waals surface area contributed by atoms with E-state index in [1.807, 2.05) is 42.5 Å². The first-order chi connectivity index (χ1) is 17.4. The highest BCUT2D eigenvalue weighted by Crippen LogP contribution is 2.40. The number of hydrogen-bond acceptors (Lipinski definition) is 4. The molecule has 0 unspecified atom stereocenters. The van der Waals surface area contributed by atoms with Gasteiger partial charge in [-0.1, -0.05) is 81.3 Å². The second-order valence-electron chi connectivity index (χ2n) is 11.3. The number of nitrogens with two attached hydrogens (primary N) is 1. The third kappa shape index (κ3) is 5.14. The van der Waals surface area contributed by atoms with Crippen LogP contribution in [0.15, 0.2) is 47.5 Å². The molecule has 3 N–H and O–H groups in total. The van der Waals surface area contributed by atoms with Gasteiger partial charge in [-0.05, 0) is 60.8 Å². The first-order valence-electron chi connectivity index (χ1n) is 13.9. The van der Waals surface area contributed by atoms with Gasteiger partial charge in [0, 0.05) is 18.7 Å². The van der Waals surface area contributed by atoms with Gasteiger partial charge in [-0.2, -0.15) is 0 Å². The molecule has 2 saturated carbocycles. The number of carbonyl (C=O) groups excluding carboxylic acids is 2. The molecule has 3 atom stereocenters. The second kappa shape index (κ2) is 10.6. The van der Waals surface area contributed by atoms with E-state index < -0.39 is 5.54 Å². The van der Waals surface area contributed by atoms with Crippen molar-refractivity contribution in [1.82, 2.24) is 10.2 Å². The molecule has 6 heteroatoms. The predicted molar refractivity (Wildman–Crippen MR) is 145 cm³/mol. The lowest BCUT2D eigenvalue weighted by molar-refractivity contribution is -0.131. The largest absolute Gasteiger partial charge is 0.369 e. The molecule has 0 spiro atoms. The third-order valence-electron chi connectivity index (χ3n) is 8.84. The van der Waals surface area contributed by atoms with Crippen molar-refractivity contribution >= 4 is 28.5 Å². The van der Waals surface area contributed by atoms with E-state index in [2.05, 4.69) is 5.32 Å². The van der Waals surface area contributed by atoms with Gasteiger partial charge in [0.05, 0.1) is 0 Å². The van der Waals surface area contributed by atoms with E-state index in [1.54, 1.807) is 11.9 Å². The molecule has 0 radical (unpaired) electrons. The average molecular weight is 489 g/mol. The standard InChI is InChI=1S/C30H40N4O2/c1-34-28(36)30(33-29(34)31,18-17-21-9-3-2-4-10-21)20-22-11-7-14-24(19-22)32-27(35)26-16-8-13-23-12-5-6-15-25(23)26/h5-6,8,12-13,15-16,21-22,24H,2-4,7,9-11,14,17-20H2,1H3,(H2,31,33)(H,32,35)/t22-,24+,30+/m0/s1. The molecule has 2 fully saturated rings. The fourth-order valence-corrected chi connectivity index (χ4v) is 6.85. The Morgan fingerprint density at radius 2 is 1.78 bits per heavy atom. The summed E-state index contributed by atoms with van der Waals surface area (Å²) in [4.78, 5) is 33.0. The topological polar surface area (TPSA) is 87.8 Å². The SMILES string of the molecule is CN1C(=O)[C@@](CCC2CCCCC2)(C[C@H]2CCC[C@@H](NC(=O)c3cccc4ccccc34)C2)N=C1N. The van der Waals surface area contributed by atoms with Crippen LogP contribution < -0.4 is 11.1 Å². The monoisotopic (exact) mass is 488 g/mol. The number of amides is 2. The zero-order chi connectivity index (χ0) is 25.1. The lowest BCUT2D eigenvalue weighted by Crippen LogP contribution is -2.45. The number of nitrogens with zero attached hydrogens (tertiary/aromatic N) is 2. The molecule has 0 saturated heterocycles. The summed E-state index contributed by atoms with van der Waals surface area (Å²) in [5.41, 5.74) is 6.15. The number of rotatable bonds is 7. The fraction of sp³-hybridized carbons (Fsp3) is 0.567. The Hall–Kier alpha value is -2.89. The van der Waals surface area contributed by atoms with Gasteiger partial charge in [-0.3, -0.25) is 14.5 Å². The van der Waals surface area contributed by atoms with Gasteiger partial charge in [0.2, 0.25) is 0 Å². The Bertz CT molecular complexity index is 1130. The quantitative estimate of drug-likeness (QED) is 0.547. The highest BCUT2D eigenvalue weighted by molar-refractivity contribution is 6.07. The van der Waals surface area contributed by atoms with E-state index in [4.69, 9.17) is 10.7 Å². The number of hydrogen-bond donors (Lipinski definition) is 2. The van der Waals surface area contributed by atoms with Crippen LogP contribution in [0.5, 0.6) is 0 Å². The number of benzene rings is 2. The Morgan fingerprint density at radius 1 is 1.03 bits per heavy atom. The van der Waals surface area contributed by atoms with Gasteiger partial charge in [0.25, 0.3) is 11.8 Å². The van der Waals surface area contributed by atoms with E-state index in [-0.39, 0.29) is 17.9 Å². The molecule has 2 aromatic carbocycles. The van der Waals surface area contributed by atoms with Gasteiger partial charge in [0.1, 0.15) is 5.54 Å². The van der Waals surface area contributed by atoms with Crippen LogP contribution in [0.25, 0.3) is 10.8 Å². The van der Waals surface area contributed by atoms with Crippen LogP contribution in [0.4, 0.5) is 0 Å². The number of fused-ring (bicyclic) bond motifs is 1. The maximum absolute atomic E-state index is 13.4. The van der Waals surface area contributed by atoms with E-state index >= 15 is 0 Å². The maximum atomic E-state index is 13.4. The Balaban J connectivity index is 1.27. The number of aliphatic imine (C=N–C) groups is 1. The predicted octanol–water partition coefficient (Wildman–Crippen LogP) is 5.40. The number of guanidine groups is 1. The first kappa shape index (κ1) is 24.8. The minimum Gasteiger partial charge on any atom is -0.369 e. The van der Waals surface area contributed by atoms with Crippen molar-refractivity contribution < 1.29 is 9.59 Å². The molecule has 6 nitrogen and oxygen atoms in total. The van der Waals surface area contributed by atoms with Crippen LogP contribution in [0, 0.1) is 11.8 Å². The molecule has 192 valence electrons. The summed E-state index contributed by atoms with van der Waals surface area (Å²) >= 11 is 0. The minimum atomic E-state index is -0.734. The van der Waals surface area contributed by atoms with Gasteiger partial charge >= 0.3 is 0 Å². The molecular formula is C30H40N4O2. The molecule has 0 bridgehead atoms. The van der Waals surface area contributed by atoms with E-state index in [9.17, 15) is 9.59 Å². The molecule has 0 aromatic heterocycles. The van der Waals surface area contributed by atoms with Crippen molar-refractivity contribution in [3.8, 4) is 0 Å². The summed E-state index contributed by atoms with van der Waals surface area (Å²) in [6.07, 6.45) is 13.0. The summed E-state index contributed by atoms with van der Waals surface area (Å²) in [5.74, 6) is 1.43. The molecule has 2 aromatic rings. The van der Waals surface area contributed by atoms with Crippen LogP contribution in [0.2, 0.25) is 0 Å². The molecule has 2 aliphatic carbocycles. The number of likely N-dealkylation sites (N-methyl/N-ethyl adjacent to an activating group) is 1. The molecule has 3 aliphatic rings. The molecular weight excluding hydrogens is 448 g/mol. The smallest absolute Gasteiger partial charge is 0.257 e. The summed E-state index contributed by atoms with van der Waals surface area (Å²) < 4.78 is 0. The maximum Gasteiger partial charge on any atom is 0.257 e. The van der Waals surface area contributed by atoms with Gasteiger partial charge in [0.15, 0.2) is 5.96 Å². The van der Waals surface area contributed by atoms with Crippen molar-refractivity contribution in [2.24, 2.45) is 22.6 Å². The zero-order valence-electron chi connectivity index (χ0n) is 21.5. The molecule has 2 amide bonds. The minimum absolute atomic E-state index is 0.0107. The van der Waals surface area contributed by atoms with Crippen molar-refractivity contribution in [1.29, 1.82) is 0 Å². The summed E-state index contributed by atoms with van der Waals surface area (Å²) in [5, 5.41) is 5.37. The summed E-state index contributed by atoms with van der Waals surface area (Å²) in [6.45, 7) is 0. The first-order valence-corrected chi connectivity index (χ1v) is 13.9. The second-order valence-corrected chi connectivity index (χ2v) is 11.3. The van der Waals surface area contributed by atoms with E-state index in [0.717, 1.165) is 61.3 Å². The van der Waals surface area contributed by atoms with Crippen LogP contribution >= 0.6 is 0 Å². The third-order valence-corrected chi connectivity index (χ3v) is 8.84. The average Bonchev–Trinajstić information content (AvgIpc) is 3.11. The zero-order valence-corrected chi connectivity index (χ0v) is 21.5. The number of nitrogens with one attached hydrogen (secondary N) is 1. The van der Waals surface area contributed by atoms with E-state index in [1.165, 1.54) is 32.1 Å². The lowest BCUT2D eigenvalue weighted by Gasteiger charge is -2.35. The van der Waals surface area contributed by atoms with Gasteiger partial charge in [-0.15, -0.1) is 0 Å². The molecule has 5 rings (SSSR count). The van der Waals surface area contributed by atoms with Crippen molar-refractivity contribution in [2.75, 3.05) is 7.05 Å². The Kier molecular flexibility index (Phi) is 7.31. The van der Waals surface area contributed by atoms with Gasteiger partial charge < -0.3 is 11.1 Å². The Morgan fingerprint density at radius 3 is 2.56 bits per heavy atom. The van der Waals surface area contributed by atoms with Crippen molar-refractivity contribution in [3.05, 3.63) is 48.0 Å². The van der Waals surface area contributed by atoms with Crippen LogP contribution in [-0.4, -0.2) is 41.3 Å². The van der Waals surface area contributed by atoms with Crippen molar-refractivity contribution in [2.45, 2.75) is 88.6 Å². The summed E-state index contributed by atoms with van der Waals surface area (Å²) in [6, 6.07) is 14.0. The van der Waals surface area contributed by atoms with Crippen LogP contribution in [-0.2, 0) is 4.79 Å². The lowest BCUT2D eigenvalue weighted by atomic mass is 9.74. The molecule has 1 aliphatic heterocycles. The highest BCUT2D eigenvalue weighted by Gasteiger charge is 2.48. The number of carbonyl (C=O) groups is 2. The van der Waals surface area contributed by atoms with Gasteiger partial charge in [-0.25, -0.2) is 4.99 Å². The molecule has 36 heavy (non-hydrogen) atoms. The highest BCUT2D eigenvalue weighted by atomic mass is 16.2. The fourth-order valence-electron chi connectivity index (χ4n) is 6.85. The Labute approximate surface area is 214 Å². The van der Waals surface area contributed by atoms with Crippen LogP contribution in [0.1, 0.15) is 87.4 Å². The summed E-state index contributed by atoms with van der Waals surface area (Å²) in [7, 11) is 1.75. The van der Waals surface area contributed by atoms with E-state index in [0.29, 0.717) is 17.8 Å². The molecule has 1 heterocycles.